The number of nitrogens with one attached hydrogen (secondary N) is 1. The molecule has 1 saturated carbocycles. The summed E-state index contributed by atoms with van der Waals surface area (Å²) < 4.78 is 0.957. The molecule has 0 radical (unpaired) electrons. The summed E-state index contributed by atoms with van der Waals surface area (Å²) in [4.78, 5) is 12.4. The highest BCUT2D eigenvalue weighted by Gasteiger charge is 2.26. The summed E-state index contributed by atoms with van der Waals surface area (Å²) in [7, 11) is 0. The Morgan fingerprint density at radius 2 is 2.00 bits per heavy atom. The van der Waals surface area contributed by atoms with Crippen molar-refractivity contribution in [2.24, 2.45) is 11.8 Å². The Hall–Kier alpha value is -0.830. The van der Waals surface area contributed by atoms with Gasteiger partial charge in [0.2, 0.25) is 5.91 Å². The molecule has 1 aliphatic rings. The van der Waals surface area contributed by atoms with Crippen LogP contribution in [0.15, 0.2) is 22.7 Å². The van der Waals surface area contributed by atoms with Crippen molar-refractivity contribution in [3.8, 4) is 0 Å². The first-order chi connectivity index (χ1) is 10.1. The van der Waals surface area contributed by atoms with Gasteiger partial charge in [-0.1, -0.05) is 32.3 Å². The predicted molar refractivity (Wildman–Crippen MR) is 92.5 cm³/mol. The molecule has 0 atom stereocenters. The van der Waals surface area contributed by atoms with Crippen molar-refractivity contribution in [2.75, 3.05) is 5.32 Å². The minimum absolute atomic E-state index is 0.190. The average Bonchev–Trinajstić information content (AvgIpc) is 2.49. The van der Waals surface area contributed by atoms with Crippen LogP contribution in [0.1, 0.15) is 57.4 Å². The van der Waals surface area contributed by atoms with E-state index < -0.39 is 0 Å². The van der Waals surface area contributed by atoms with Gasteiger partial charge in [0.05, 0.1) is 5.69 Å². The first kappa shape index (κ1) is 16.5. The summed E-state index contributed by atoms with van der Waals surface area (Å²) in [5.74, 6) is 1.23. The van der Waals surface area contributed by atoms with E-state index in [1.807, 2.05) is 25.1 Å². The fourth-order valence-corrected chi connectivity index (χ4v) is 3.52. The molecule has 1 amide bonds. The predicted octanol–water partition coefficient (Wildman–Crippen LogP) is 5.69. The van der Waals surface area contributed by atoms with Crippen LogP contribution < -0.4 is 5.32 Å². The molecule has 2 rings (SSSR count). The monoisotopic (exact) mass is 351 g/mol. The molecule has 2 nitrogen and oxygen atoms in total. The highest BCUT2D eigenvalue weighted by molar-refractivity contribution is 9.10. The largest absolute Gasteiger partial charge is 0.325 e. The summed E-state index contributed by atoms with van der Waals surface area (Å²) in [5.41, 5.74) is 2.06. The minimum atomic E-state index is 0.190. The number of hydrogen-bond acceptors (Lipinski definition) is 1. The summed E-state index contributed by atoms with van der Waals surface area (Å²) in [6.07, 6.45) is 8.47. The van der Waals surface area contributed by atoms with Crippen molar-refractivity contribution in [1.82, 2.24) is 0 Å². The summed E-state index contributed by atoms with van der Waals surface area (Å²) in [5, 5.41) is 3.09. The van der Waals surface area contributed by atoms with Crippen LogP contribution in [0.3, 0.4) is 0 Å². The van der Waals surface area contributed by atoms with E-state index in [2.05, 4.69) is 28.2 Å². The third-order valence-electron chi connectivity index (χ3n) is 4.56. The maximum absolute atomic E-state index is 12.4. The molecule has 21 heavy (non-hydrogen) atoms. The van der Waals surface area contributed by atoms with Crippen LogP contribution in [-0.2, 0) is 4.79 Å². The number of amides is 1. The second kappa shape index (κ2) is 7.98. The fourth-order valence-electron chi connectivity index (χ4n) is 3.18. The number of aryl methyl sites for hydroxylation is 1. The van der Waals surface area contributed by atoms with Crippen molar-refractivity contribution < 1.29 is 4.79 Å². The lowest BCUT2D eigenvalue weighted by atomic mass is 9.79. The van der Waals surface area contributed by atoms with Crippen LogP contribution in [0.2, 0.25) is 0 Å². The molecule has 0 heterocycles. The molecule has 1 aromatic carbocycles. The van der Waals surface area contributed by atoms with E-state index in [-0.39, 0.29) is 11.8 Å². The summed E-state index contributed by atoms with van der Waals surface area (Å²) >= 11 is 3.51. The molecule has 1 aliphatic carbocycles. The Kier molecular flexibility index (Phi) is 6.28. The molecule has 116 valence electrons. The van der Waals surface area contributed by atoms with Crippen LogP contribution >= 0.6 is 15.9 Å². The second-order valence-electron chi connectivity index (χ2n) is 6.33. The van der Waals surface area contributed by atoms with Gasteiger partial charge in [0.15, 0.2) is 0 Å². The van der Waals surface area contributed by atoms with Gasteiger partial charge < -0.3 is 5.32 Å². The standard InChI is InChI=1S/C18H26BrNO/c1-3-4-5-14-7-9-15(10-8-14)18(21)20-17-12-13(2)6-11-16(17)19/h6,11-12,14-15H,3-5,7-10H2,1-2H3,(H,20,21). The number of unbranched alkanes of at least 4 members (excludes halogenated alkanes) is 1. The highest BCUT2D eigenvalue weighted by atomic mass is 79.9. The van der Waals surface area contributed by atoms with Gasteiger partial charge in [-0.2, -0.15) is 0 Å². The number of rotatable bonds is 5. The molecule has 1 N–H and O–H groups in total. The normalized spacial score (nSPS) is 22.0. The summed E-state index contributed by atoms with van der Waals surface area (Å²) in [6.45, 7) is 4.29. The number of hydrogen-bond donors (Lipinski definition) is 1. The molecule has 3 heteroatoms. The molecule has 1 aromatic rings. The van der Waals surface area contributed by atoms with E-state index in [4.69, 9.17) is 0 Å². The van der Waals surface area contributed by atoms with Crippen LogP contribution in [0.5, 0.6) is 0 Å². The average molecular weight is 352 g/mol. The Labute approximate surface area is 136 Å². The molecule has 0 bridgehead atoms. The number of carbonyl (C=O) groups excluding carboxylic acids is 1. The van der Waals surface area contributed by atoms with Crippen molar-refractivity contribution in [2.45, 2.75) is 58.8 Å². The highest BCUT2D eigenvalue weighted by Crippen LogP contribution is 2.33. The lowest BCUT2D eigenvalue weighted by Gasteiger charge is -2.27. The third-order valence-corrected chi connectivity index (χ3v) is 5.25. The molecule has 0 saturated heterocycles. The number of benzene rings is 1. The fraction of sp³-hybridized carbons (Fsp3) is 0.611. The zero-order valence-electron chi connectivity index (χ0n) is 13.1. The van der Waals surface area contributed by atoms with E-state index in [0.717, 1.165) is 34.5 Å². The SMILES string of the molecule is CCCCC1CCC(C(=O)Nc2cc(C)ccc2Br)CC1. The number of carbonyl (C=O) groups is 1. The van der Waals surface area contributed by atoms with Crippen LogP contribution in [0.25, 0.3) is 0 Å². The molecular formula is C18H26BrNO. The zero-order chi connectivity index (χ0) is 15.2. The van der Waals surface area contributed by atoms with E-state index in [1.54, 1.807) is 0 Å². The molecular weight excluding hydrogens is 326 g/mol. The lowest BCUT2D eigenvalue weighted by Crippen LogP contribution is -2.27. The van der Waals surface area contributed by atoms with Gasteiger partial charge in [-0.25, -0.2) is 0 Å². The zero-order valence-corrected chi connectivity index (χ0v) is 14.7. The van der Waals surface area contributed by atoms with Crippen molar-refractivity contribution in [3.63, 3.8) is 0 Å². The maximum atomic E-state index is 12.4. The molecule has 0 unspecified atom stereocenters. The first-order valence-corrected chi connectivity index (χ1v) is 8.96. The van der Waals surface area contributed by atoms with E-state index in [9.17, 15) is 4.79 Å². The first-order valence-electron chi connectivity index (χ1n) is 8.17. The molecule has 0 aliphatic heterocycles. The van der Waals surface area contributed by atoms with Gasteiger partial charge in [0, 0.05) is 10.4 Å². The smallest absolute Gasteiger partial charge is 0.227 e. The van der Waals surface area contributed by atoms with Gasteiger partial charge in [-0.3, -0.25) is 4.79 Å². The van der Waals surface area contributed by atoms with Crippen molar-refractivity contribution in [1.29, 1.82) is 0 Å². The van der Waals surface area contributed by atoms with Gasteiger partial charge in [-0.15, -0.1) is 0 Å². The maximum Gasteiger partial charge on any atom is 0.227 e. The summed E-state index contributed by atoms with van der Waals surface area (Å²) in [6, 6.07) is 6.06. The Morgan fingerprint density at radius 3 is 2.67 bits per heavy atom. The Bertz CT molecular complexity index is 478. The topological polar surface area (TPSA) is 29.1 Å². The lowest BCUT2D eigenvalue weighted by molar-refractivity contribution is -0.121. The van der Waals surface area contributed by atoms with E-state index in [1.165, 1.54) is 32.1 Å². The molecule has 1 fully saturated rings. The number of halogens is 1. The number of anilines is 1. The van der Waals surface area contributed by atoms with E-state index >= 15 is 0 Å². The Balaban J connectivity index is 1.86. The van der Waals surface area contributed by atoms with Gasteiger partial charge in [0.1, 0.15) is 0 Å². The van der Waals surface area contributed by atoms with Crippen LogP contribution in [0, 0.1) is 18.8 Å². The quantitative estimate of drug-likeness (QED) is 0.724. The third kappa shape index (κ3) is 4.84. The van der Waals surface area contributed by atoms with Crippen molar-refractivity contribution >= 4 is 27.5 Å². The van der Waals surface area contributed by atoms with Gasteiger partial charge >= 0.3 is 0 Å². The van der Waals surface area contributed by atoms with Gasteiger partial charge in [0.25, 0.3) is 0 Å². The van der Waals surface area contributed by atoms with Crippen LogP contribution in [0.4, 0.5) is 5.69 Å². The second-order valence-corrected chi connectivity index (χ2v) is 7.19. The molecule has 0 aromatic heterocycles. The van der Waals surface area contributed by atoms with Crippen molar-refractivity contribution in [3.05, 3.63) is 28.2 Å². The van der Waals surface area contributed by atoms with Crippen LogP contribution in [-0.4, -0.2) is 5.91 Å². The van der Waals surface area contributed by atoms with Gasteiger partial charge in [-0.05, 0) is 72.2 Å². The minimum Gasteiger partial charge on any atom is -0.325 e. The molecule has 0 spiro atoms. The van der Waals surface area contributed by atoms with E-state index in [0.29, 0.717) is 0 Å². The Morgan fingerprint density at radius 1 is 1.29 bits per heavy atom.